The summed E-state index contributed by atoms with van der Waals surface area (Å²) in [4.78, 5) is 4.35. The minimum Gasteiger partial charge on any atom is -0.493 e. The minimum atomic E-state index is 0.678. The number of rotatable bonds is 5. The van der Waals surface area contributed by atoms with Gasteiger partial charge in [0.05, 0.1) is 13.7 Å². The first kappa shape index (κ1) is 12.8. The number of ether oxygens (including phenoxy) is 1. The van der Waals surface area contributed by atoms with Crippen molar-refractivity contribution in [1.29, 1.82) is 0 Å². The normalized spacial score (nSPS) is 13.4. The van der Waals surface area contributed by atoms with E-state index < -0.39 is 0 Å². The zero-order chi connectivity index (χ0) is 10.8. The van der Waals surface area contributed by atoms with Gasteiger partial charge in [-0.2, -0.15) is 0 Å². The number of amidine groups is 1. The van der Waals surface area contributed by atoms with E-state index in [4.69, 9.17) is 4.74 Å². The number of likely N-dealkylation sites (N-methyl/N-ethyl adjacent to an activating group) is 1. The molecule has 0 fully saturated rings. The molecule has 0 unspecified atom stereocenters. The molecular weight excluding hydrogens is 176 g/mol. The van der Waals surface area contributed by atoms with Crippen molar-refractivity contribution in [2.45, 2.75) is 20.3 Å². The lowest BCUT2D eigenvalue weighted by molar-refractivity contribution is 0.311. The molecule has 0 aliphatic rings. The molecule has 0 aliphatic carbocycles. The molecule has 0 rings (SSSR count). The summed E-state index contributed by atoms with van der Waals surface area (Å²) in [6, 6.07) is 0. The summed E-state index contributed by atoms with van der Waals surface area (Å²) in [6.07, 6.45) is 6.92. The average Bonchev–Trinajstić information content (AvgIpc) is 2.22. The van der Waals surface area contributed by atoms with Crippen LogP contribution in [0.4, 0.5) is 0 Å². The van der Waals surface area contributed by atoms with E-state index in [1.165, 1.54) is 0 Å². The molecule has 0 aliphatic heterocycles. The molecule has 0 atom stereocenters. The van der Waals surface area contributed by atoms with Crippen molar-refractivity contribution in [3.63, 3.8) is 0 Å². The Bertz CT molecular complexity index is 229. The summed E-state index contributed by atoms with van der Waals surface area (Å²) in [6.45, 7) is 4.73. The van der Waals surface area contributed by atoms with Gasteiger partial charge in [0.1, 0.15) is 0 Å². The number of methoxy groups -OCH3 is 1. The Labute approximate surface area is 86.6 Å². The predicted octanol–water partition coefficient (Wildman–Crippen LogP) is 2.12. The van der Waals surface area contributed by atoms with Gasteiger partial charge in [-0.15, -0.1) is 0 Å². The first-order valence-electron chi connectivity index (χ1n) is 4.88. The van der Waals surface area contributed by atoms with Crippen LogP contribution < -0.4 is 5.32 Å². The maximum Gasteiger partial charge on any atom is 0.163 e. The van der Waals surface area contributed by atoms with E-state index in [2.05, 4.69) is 17.2 Å². The Morgan fingerprint density at radius 2 is 2.21 bits per heavy atom. The van der Waals surface area contributed by atoms with Crippen LogP contribution in [0.15, 0.2) is 29.0 Å². The molecule has 3 heteroatoms. The molecule has 0 saturated heterocycles. The second kappa shape index (κ2) is 8.35. The average molecular weight is 196 g/mol. The molecule has 0 amide bonds. The highest BCUT2D eigenvalue weighted by Crippen LogP contribution is 1.99. The van der Waals surface area contributed by atoms with E-state index in [1.807, 2.05) is 32.2 Å². The standard InChI is InChI=1S/C11H20N2O/c1-5-7-9-13-11(12-3)10(14-4)8-6-2/h5,7-8H,6,9H2,1-4H3,(H,12,13)/b7-5-,10-8+. The molecule has 0 saturated carbocycles. The van der Waals surface area contributed by atoms with E-state index in [0.717, 1.165) is 18.0 Å². The molecule has 3 nitrogen and oxygen atoms in total. The molecule has 0 spiro atoms. The van der Waals surface area contributed by atoms with E-state index in [1.54, 1.807) is 7.11 Å². The molecule has 0 aromatic carbocycles. The van der Waals surface area contributed by atoms with Gasteiger partial charge in [-0.1, -0.05) is 19.1 Å². The second-order valence-corrected chi connectivity index (χ2v) is 2.69. The lowest BCUT2D eigenvalue weighted by Gasteiger charge is -2.08. The lowest BCUT2D eigenvalue weighted by Crippen LogP contribution is -2.22. The minimum absolute atomic E-state index is 0.678. The molecule has 0 bridgehead atoms. The Hall–Kier alpha value is -1.25. The third-order valence-electron chi connectivity index (χ3n) is 1.67. The van der Waals surface area contributed by atoms with Crippen LogP contribution in [0, 0.1) is 0 Å². The van der Waals surface area contributed by atoms with Gasteiger partial charge >= 0.3 is 0 Å². The molecule has 1 N–H and O–H groups in total. The summed E-state index contributed by atoms with van der Waals surface area (Å²) in [7, 11) is 3.50. The highest BCUT2D eigenvalue weighted by Gasteiger charge is 2.02. The molecule has 0 heterocycles. The van der Waals surface area contributed by atoms with Crippen molar-refractivity contribution in [3.05, 3.63) is 24.0 Å². The molecular formula is C11H20N2O. The van der Waals surface area contributed by atoms with E-state index >= 15 is 0 Å². The summed E-state index contributed by atoms with van der Waals surface area (Å²) in [5.41, 5.74) is 0. The van der Waals surface area contributed by atoms with Crippen LogP contribution in [0.3, 0.4) is 0 Å². The van der Waals surface area contributed by atoms with E-state index in [9.17, 15) is 0 Å². The fourth-order valence-electron chi connectivity index (χ4n) is 0.992. The summed E-state index contributed by atoms with van der Waals surface area (Å²) >= 11 is 0. The number of allylic oxidation sites excluding steroid dienone is 2. The number of hydrogen-bond acceptors (Lipinski definition) is 2. The third-order valence-corrected chi connectivity index (χ3v) is 1.67. The van der Waals surface area contributed by atoms with Gasteiger partial charge < -0.3 is 10.1 Å². The van der Waals surface area contributed by atoms with Crippen molar-refractivity contribution < 1.29 is 4.74 Å². The quantitative estimate of drug-likeness (QED) is 0.316. The Balaban J connectivity index is 4.50. The number of nitrogens with one attached hydrogen (secondary N) is 1. The SMILES string of the molecule is C/C=C\C/N=C(NC)\C(=C/CC)OC. The molecule has 0 radical (unpaired) electrons. The van der Waals surface area contributed by atoms with Crippen molar-refractivity contribution in [2.24, 2.45) is 4.99 Å². The smallest absolute Gasteiger partial charge is 0.163 e. The Morgan fingerprint density at radius 1 is 1.50 bits per heavy atom. The predicted molar refractivity (Wildman–Crippen MR) is 61.6 cm³/mol. The monoisotopic (exact) mass is 196 g/mol. The number of nitrogens with zero attached hydrogens (tertiary/aromatic N) is 1. The van der Waals surface area contributed by atoms with Crippen molar-refractivity contribution in [3.8, 4) is 0 Å². The van der Waals surface area contributed by atoms with Crippen LogP contribution in [0.1, 0.15) is 20.3 Å². The number of aliphatic imine (C=N–C) groups is 1. The van der Waals surface area contributed by atoms with Crippen LogP contribution >= 0.6 is 0 Å². The van der Waals surface area contributed by atoms with Crippen LogP contribution in [0.5, 0.6) is 0 Å². The van der Waals surface area contributed by atoms with Crippen LogP contribution in [-0.2, 0) is 4.74 Å². The number of hydrogen-bond donors (Lipinski definition) is 1. The maximum absolute atomic E-state index is 5.22. The summed E-state index contributed by atoms with van der Waals surface area (Å²) in [5, 5.41) is 3.02. The van der Waals surface area contributed by atoms with Gasteiger partial charge in [0.2, 0.25) is 0 Å². The van der Waals surface area contributed by atoms with Crippen LogP contribution in [0.25, 0.3) is 0 Å². The topological polar surface area (TPSA) is 33.6 Å². The van der Waals surface area contributed by atoms with Crippen LogP contribution in [0.2, 0.25) is 0 Å². The summed E-state index contributed by atoms with van der Waals surface area (Å²) in [5.74, 6) is 1.60. The highest BCUT2D eigenvalue weighted by molar-refractivity contribution is 5.96. The van der Waals surface area contributed by atoms with Gasteiger partial charge in [-0.25, -0.2) is 0 Å². The van der Waals surface area contributed by atoms with Gasteiger partial charge in [0.25, 0.3) is 0 Å². The zero-order valence-electron chi connectivity index (χ0n) is 9.50. The molecule has 0 aromatic rings. The first-order chi connectivity index (χ1) is 6.79. The van der Waals surface area contributed by atoms with Gasteiger partial charge in [-0.3, -0.25) is 4.99 Å². The fourth-order valence-corrected chi connectivity index (χ4v) is 0.992. The third kappa shape index (κ3) is 4.70. The van der Waals surface area contributed by atoms with Crippen molar-refractivity contribution >= 4 is 5.84 Å². The summed E-state index contributed by atoms with van der Waals surface area (Å²) < 4.78 is 5.22. The first-order valence-corrected chi connectivity index (χ1v) is 4.88. The van der Waals surface area contributed by atoms with Crippen molar-refractivity contribution in [2.75, 3.05) is 20.7 Å². The largest absolute Gasteiger partial charge is 0.493 e. The van der Waals surface area contributed by atoms with Crippen molar-refractivity contribution in [1.82, 2.24) is 5.32 Å². The maximum atomic E-state index is 5.22. The molecule has 14 heavy (non-hydrogen) atoms. The fraction of sp³-hybridized carbons (Fsp3) is 0.545. The second-order valence-electron chi connectivity index (χ2n) is 2.69. The van der Waals surface area contributed by atoms with Crippen LogP contribution in [-0.4, -0.2) is 26.5 Å². The zero-order valence-corrected chi connectivity index (χ0v) is 9.50. The van der Waals surface area contributed by atoms with E-state index in [-0.39, 0.29) is 0 Å². The Kier molecular flexibility index (Phi) is 7.61. The Morgan fingerprint density at radius 3 is 2.64 bits per heavy atom. The highest BCUT2D eigenvalue weighted by atomic mass is 16.5. The molecule has 80 valence electrons. The van der Waals surface area contributed by atoms with Gasteiger partial charge in [-0.05, 0) is 19.4 Å². The molecule has 0 aromatic heterocycles. The van der Waals surface area contributed by atoms with E-state index in [0.29, 0.717) is 6.54 Å². The van der Waals surface area contributed by atoms with Gasteiger partial charge in [0.15, 0.2) is 11.6 Å². The van der Waals surface area contributed by atoms with Gasteiger partial charge in [0, 0.05) is 7.05 Å². The lowest BCUT2D eigenvalue weighted by atomic mass is 10.3.